The third kappa shape index (κ3) is 2.97. The maximum atomic E-state index is 12.9. The summed E-state index contributed by atoms with van der Waals surface area (Å²) in [6.07, 6.45) is 0. The molecule has 1 N–H and O–H groups in total. The van der Waals surface area contributed by atoms with E-state index in [9.17, 15) is 9.65 Å². The number of rotatable bonds is 3. The number of nitriles is 1. The second-order valence-corrected chi connectivity index (χ2v) is 5.03. The smallest absolute Gasteiger partial charge is 0.140 e. The summed E-state index contributed by atoms with van der Waals surface area (Å²) in [5.41, 5.74) is 5.08. The Kier molecular flexibility index (Phi) is 4.05. The maximum absolute atomic E-state index is 12.9. The van der Waals surface area contributed by atoms with Gasteiger partial charge in [-0.15, -0.1) is 0 Å². The molecule has 0 radical (unpaired) electrons. The zero-order valence-corrected chi connectivity index (χ0v) is 11.9. The zero-order valence-electron chi connectivity index (χ0n) is 11.9. The zero-order chi connectivity index (χ0) is 14.7. The molecule has 20 heavy (non-hydrogen) atoms. The summed E-state index contributed by atoms with van der Waals surface area (Å²) in [6.45, 7) is 6.05. The minimum absolute atomic E-state index is 0.285. The highest BCUT2D eigenvalue weighted by Crippen LogP contribution is 2.26. The summed E-state index contributed by atoms with van der Waals surface area (Å²) in [5.74, 6) is -0.285. The molecule has 0 aliphatic rings. The molecule has 0 bridgehead atoms. The second kappa shape index (κ2) is 5.75. The highest BCUT2D eigenvalue weighted by Gasteiger charge is 2.16. The van der Waals surface area contributed by atoms with Crippen LogP contribution in [0.3, 0.4) is 0 Å². The first-order chi connectivity index (χ1) is 9.51. The normalized spacial score (nSPS) is 11.8. The molecule has 0 aromatic heterocycles. The average molecular weight is 268 g/mol. The van der Waals surface area contributed by atoms with Crippen molar-refractivity contribution in [2.45, 2.75) is 26.8 Å². The highest BCUT2D eigenvalue weighted by atomic mass is 19.1. The Labute approximate surface area is 118 Å². The number of hydrogen-bond acceptors (Lipinski definition) is 2. The van der Waals surface area contributed by atoms with Crippen molar-refractivity contribution < 1.29 is 4.39 Å². The van der Waals surface area contributed by atoms with Crippen molar-refractivity contribution in [1.82, 2.24) is 0 Å². The number of halogens is 1. The van der Waals surface area contributed by atoms with Crippen molar-refractivity contribution in [3.8, 4) is 6.07 Å². The Hall–Kier alpha value is -2.34. The van der Waals surface area contributed by atoms with Gasteiger partial charge in [0.25, 0.3) is 0 Å². The van der Waals surface area contributed by atoms with Gasteiger partial charge in [-0.2, -0.15) is 5.26 Å². The number of aryl methyl sites for hydroxylation is 3. The van der Waals surface area contributed by atoms with E-state index in [-0.39, 0.29) is 5.82 Å². The fourth-order valence-corrected chi connectivity index (χ4v) is 2.53. The minimum atomic E-state index is -0.443. The summed E-state index contributed by atoms with van der Waals surface area (Å²) in [7, 11) is 0. The first kappa shape index (κ1) is 14.1. The van der Waals surface area contributed by atoms with Crippen LogP contribution in [0.4, 0.5) is 10.1 Å². The van der Waals surface area contributed by atoms with Crippen molar-refractivity contribution in [3.05, 3.63) is 64.5 Å². The van der Waals surface area contributed by atoms with E-state index < -0.39 is 6.04 Å². The molecular weight excluding hydrogens is 251 g/mol. The Bertz CT molecular complexity index is 631. The molecule has 0 heterocycles. The Morgan fingerprint density at radius 2 is 1.60 bits per heavy atom. The Balaban J connectivity index is 2.34. The van der Waals surface area contributed by atoms with Gasteiger partial charge in [0.1, 0.15) is 11.9 Å². The van der Waals surface area contributed by atoms with Crippen LogP contribution in [0.25, 0.3) is 0 Å². The Morgan fingerprint density at radius 1 is 1.05 bits per heavy atom. The van der Waals surface area contributed by atoms with Gasteiger partial charge in [-0.05, 0) is 61.7 Å². The fraction of sp³-hybridized carbons (Fsp3) is 0.235. The van der Waals surface area contributed by atoms with E-state index in [0.717, 1.165) is 22.4 Å². The lowest BCUT2D eigenvalue weighted by Crippen LogP contribution is -2.12. The molecule has 0 aliphatic carbocycles. The molecule has 2 nitrogen and oxygen atoms in total. The van der Waals surface area contributed by atoms with E-state index in [4.69, 9.17) is 0 Å². The number of nitrogens with zero attached hydrogens (tertiary/aromatic N) is 1. The van der Waals surface area contributed by atoms with Crippen molar-refractivity contribution in [2.24, 2.45) is 0 Å². The number of benzene rings is 2. The minimum Gasteiger partial charge on any atom is -0.366 e. The van der Waals surface area contributed by atoms with E-state index in [2.05, 4.69) is 23.5 Å². The van der Waals surface area contributed by atoms with Crippen molar-refractivity contribution in [3.63, 3.8) is 0 Å². The predicted octanol–water partition coefficient (Wildman–Crippen LogP) is 4.43. The molecular formula is C17H17FN2. The van der Waals surface area contributed by atoms with Gasteiger partial charge in [-0.1, -0.05) is 17.7 Å². The molecule has 2 rings (SSSR count). The molecule has 0 aliphatic heterocycles. The molecule has 0 spiro atoms. The quantitative estimate of drug-likeness (QED) is 0.894. The van der Waals surface area contributed by atoms with E-state index in [0.29, 0.717) is 0 Å². The second-order valence-electron chi connectivity index (χ2n) is 5.03. The molecule has 1 unspecified atom stereocenters. The first-order valence-corrected chi connectivity index (χ1v) is 6.50. The standard InChI is InChI=1S/C17H17FN2/c1-11-8-12(2)17(13(3)9-11)16(10-19)20-15-6-4-14(18)5-7-15/h4-9,16,20H,1-3H3. The average Bonchev–Trinajstić information content (AvgIpc) is 2.38. The monoisotopic (exact) mass is 268 g/mol. The van der Waals surface area contributed by atoms with Gasteiger partial charge in [0, 0.05) is 5.69 Å². The molecule has 2 aromatic rings. The largest absolute Gasteiger partial charge is 0.366 e. The van der Waals surface area contributed by atoms with Gasteiger partial charge < -0.3 is 5.32 Å². The van der Waals surface area contributed by atoms with Gasteiger partial charge in [0.2, 0.25) is 0 Å². The lowest BCUT2D eigenvalue weighted by molar-refractivity contribution is 0.628. The molecule has 0 saturated heterocycles. The molecule has 3 heteroatoms. The van der Waals surface area contributed by atoms with Crippen LogP contribution in [0.5, 0.6) is 0 Å². The number of nitrogens with one attached hydrogen (secondary N) is 1. The van der Waals surface area contributed by atoms with Crippen LogP contribution in [-0.2, 0) is 0 Å². The molecule has 0 saturated carbocycles. The van der Waals surface area contributed by atoms with E-state index >= 15 is 0 Å². The predicted molar refractivity (Wildman–Crippen MR) is 79.0 cm³/mol. The van der Waals surface area contributed by atoms with Gasteiger partial charge in [-0.3, -0.25) is 0 Å². The van der Waals surface area contributed by atoms with Crippen LogP contribution < -0.4 is 5.32 Å². The summed E-state index contributed by atoms with van der Waals surface area (Å²) >= 11 is 0. The van der Waals surface area contributed by atoms with Crippen molar-refractivity contribution in [1.29, 1.82) is 5.26 Å². The van der Waals surface area contributed by atoms with Crippen LogP contribution >= 0.6 is 0 Å². The third-order valence-electron chi connectivity index (χ3n) is 3.31. The van der Waals surface area contributed by atoms with Gasteiger partial charge in [0.15, 0.2) is 0 Å². The summed E-state index contributed by atoms with van der Waals surface area (Å²) in [4.78, 5) is 0. The summed E-state index contributed by atoms with van der Waals surface area (Å²) in [5, 5.41) is 12.6. The lowest BCUT2D eigenvalue weighted by atomic mass is 9.94. The van der Waals surface area contributed by atoms with E-state index in [1.54, 1.807) is 12.1 Å². The van der Waals surface area contributed by atoms with E-state index in [1.807, 2.05) is 20.8 Å². The topological polar surface area (TPSA) is 35.8 Å². The van der Waals surface area contributed by atoms with Crippen LogP contribution in [0.15, 0.2) is 36.4 Å². The molecule has 2 aromatic carbocycles. The van der Waals surface area contributed by atoms with Gasteiger partial charge >= 0.3 is 0 Å². The maximum Gasteiger partial charge on any atom is 0.140 e. The number of anilines is 1. The molecule has 102 valence electrons. The van der Waals surface area contributed by atoms with Crippen molar-refractivity contribution in [2.75, 3.05) is 5.32 Å². The molecule has 0 amide bonds. The van der Waals surface area contributed by atoms with Crippen molar-refractivity contribution >= 4 is 5.69 Å². The lowest BCUT2D eigenvalue weighted by Gasteiger charge is -2.18. The van der Waals surface area contributed by atoms with E-state index in [1.165, 1.54) is 17.7 Å². The summed E-state index contributed by atoms with van der Waals surface area (Å²) in [6, 6.07) is 12.0. The van der Waals surface area contributed by atoms with Crippen LogP contribution in [0.1, 0.15) is 28.3 Å². The first-order valence-electron chi connectivity index (χ1n) is 6.50. The Morgan fingerprint density at radius 3 is 2.10 bits per heavy atom. The molecule has 1 atom stereocenters. The van der Waals surface area contributed by atoms with Crippen LogP contribution in [0.2, 0.25) is 0 Å². The number of hydrogen-bond donors (Lipinski definition) is 1. The van der Waals surface area contributed by atoms with Gasteiger partial charge in [0.05, 0.1) is 6.07 Å². The van der Waals surface area contributed by atoms with Gasteiger partial charge in [-0.25, -0.2) is 4.39 Å². The van der Waals surface area contributed by atoms with Crippen LogP contribution in [0, 0.1) is 37.9 Å². The van der Waals surface area contributed by atoms with Crippen LogP contribution in [-0.4, -0.2) is 0 Å². The SMILES string of the molecule is Cc1cc(C)c(C(C#N)Nc2ccc(F)cc2)c(C)c1. The fourth-order valence-electron chi connectivity index (χ4n) is 2.53. The summed E-state index contributed by atoms with van der Waals surface area (Å²) < 4.78 is 12.9. The third-order valence-corrected chi connectivity index (χ3v) is 3.31. The highest BCUT2D eigenvalue weighted by molar-refractivity contribution is 5.51. The molecule has 0 fully saturated rings.